The van der Waals surface area contributed by atoms with Gasteiger partial charge in [0.15, 0.2) is 0 Å². The van der Waals surface area contributed by atoms with Gasteiger partial charge in [0, 0.05) is 11.8 Å². The molecule has 0 fully saturated rings. The molecule has 0 spiro atoms. The number of hydrogen-bond donors (Lipinski definition) is 2. The summed E-state index contributed by atoms with van der Waals surface area (Å²) in [5.74, 6) is 1.19. The average molecular weight is 325 g/mol. The number of nitrogens with two attached hydrogens (primary N) is 1. The number of nitrogens with one attached hydrogen (secondary N) is 1. The number of carbonyl (C=O) groups excluding carboxylic acids is 1. The molecular formula is C18H19N3O3. The highest BCUT2D eigenvalue weighted by molar-refractivity contribution is 5.86. The Hall–Kier alpha value is -3.20. The van der Waals surface area contributed by atoms with Crippen molar-refractivity contribution in [3.05, 3.63) is 48.0 Å². The largest absolute Gasteiger partial charge is 0.495 e. The lowest BCUT2D eigenvalue weighted by atomic mass is 10.0. The molecule has 3 N–H and O–H groups in total. The number of primary amides is 1. The zero-order valence-corrected chi connectivity index (χ0v) is 13.8. The zero-order chi connectivity index (χ0) is 17.7. The van der Waals surface area contributed by atoms with Gasteiger partial charge in [-0.15, -0.1) is 0 Å². The van der Waals surface area contributed by atoms with Gasteiger partial charge in [-0.3, -0.25) is 4.79 Å². The highest BCUT2D eigenvalue weighted by atomic mass is 16.5. The predicted octanol–water partition coefficient (Wildman–Crippen LogP) is 3.03. The Bertz CT molecular complexity index is 777. The molecule has 2 rings (SSSR count). The van der Waals surface area contributed by atoms with Crippen LogP contribution in [0.2, 0.25) is 0 Å². The standard InChI is InChI=1S/C18H19N3O3/c1-18(2,17(20)22)21-13-5-8-14(9-6-13)24-15-7-4-12(11-19)16(10-15)23-3/h4-10,21H,1-3H3,(H2,20,22). The number of amides is 1. The van der Waals surface area contributed by atoms with Crippen LogP contribution in [-0.2, 0) is 4.79 Å². The number of carbonyl (C=O) groups is 1. The molecule has 0 aromatic heterocycles. The third-order valence-electron chi connectivity index (χ3n) is 3.46. The molecule has 0 bridgehead atoms. The third-order valence-corrected chi connectivity index (χ3v) is 3.46. The molecule has 24 heavy (non-hydrogen) atoms. The second-order valence-electron chi connectivity index (χ2n) is 5.71. The maximum absolute atomic E-state index is 11.3. The van der Waals surface area contributed by atoms with E-state index in [0.717, 1.165) is 5.69 Å². The number of nitrogens with zero attached hydrogens (tertiary/aromatic N) is 1. The van der Waals surface area contributed by atoms with Crippen molar-refractivity contribution >= 4 is 11.6 Å². The number of nitriles is 1. The van der Waals surface area contributed by atoms with Gasteiger partial charge in [0.1, 0.15) is 28.9 Å². The first-order valence-corrected chi connectivity index (χ1v) is 7.30. The number of rotatable bonds is 6. The summed E-state index contributed by atoms with van der Waals surface area (Å²) < 4.78 is 10.9. The van der Waals surface area contributed by atoms with Crippen molar-refractivity contribution in [2.45, 2.75) is 19.4 Å². The second kappa shape index (κ2) is 6.92. The molecule has 0 aliphatic rings. The average Bonchev–Trinajstić information content (AvgIpc) is 2.56. The quantitative estimate of drug-likeness (QED) is 0.850. The van der Waals surface area contributed by atoms with Crippen molar-refractivity contribution in [1.29, 1.82) is 5.26 Å². The van der Waals surface area contributed by atoms with Crippen molar-refractivity contribution in [3.8, 4) is 23.3 Å². The van der Waals surface area contributed by atoms with Crippen LogP contribution < -0.4 is 20.5 Å². The Morgan fingerprint density at radius 2 is 1.79 bits per heavy atom. The van der Waals surface area contributed by atoms with E-state index in [9.17, 15) is 4.79 Å². The summed E-state index contributed by atoms with van der Waals surface area (Å²) in [7, 11) is 1.50. The first kappa shape index (κ1) is 17.2. The van der Waals surface area contributed by atoms with E-state index < -0.39 is 11.4 Å². The van der Waals surface area contributed by atoms with Gasteiger partial charge in [0.05, 0.1) is 12.7 Å². The van der Waals surface area contributed by atoms with Crippen LogP contribution in [0.15, 0.2) is 42.5 Å². The van der Waals surface area contributed by atoms with Gasteiger partial charge in [-0.25, -0.2) is 0 Å². The summed E-state index contributed by atoms with van der Waals surface area (Å²) in [6.45, 7) is 3.42. The lowest BCUT2D eigenvalue weighted by Crippen LogP contribution is -2.44. The summed E-state index contributed by atoms with van der Waals surface area (Å²) in [6.07, 6.45) is 0. The predicted molar refractivity (Wildman–Crippen MR) is 91.1 cm³/mol. The molecule has 0 aliphatic heterocycles. The van der Waals surface area contributed by atoms with Gasteiger partial charge in [-0.1, -0.05) is 0 Å². The minimum atomic E-state index is -0.844. The second-order valence-corrected chi connectivity index (χ2v) is 5.71. The van der Waals surface area contributed by atoms with Crippen LogP contribution in [0.25, 0.3) is 0 Å². The fraction of sp³-hybridized carbons (Fsp3) is 0.222. The molecular weight excluding hydrogens is 306 g/mol. The SMILES string of the molecule is COc1cc(Oc2ccc(NC(C)(C)C(N)=O)cc2)ccc1C#N. The third kappa shape index (κ3) is 3.96. The fourth-order valence-electron chi connectivity index (χ4n) is 1.99. The molecule has 0 radical (unpaired) electrons. The Morgan fingerprint density at radius 1 is 1.17 bits per heavy atom. The Kier molecular flexibility index (Phi) is 4.95. The molecule has 0 aliphatic carbocycles. The van der Waals surface area contributed by atoms with Crippen LogP contribution in [0.5, 0.6) is 17.2 Å². The molecule has 2 aromatic carbocycles. The van der Waals surface area contributed by atoms with E-state index in [2.05, 4.69) is 5.32 Å². The summed E-state index contributed by atoms with van der Waals surface area (Å²) in [4.78, 5) is 11.3. The number of hydrogen-bond acceptors (Lipinski definition) is 5. The number of methoxy groups -OCH3 is 1. The molecule has 1 amide bonds. The lowest BCUT2D eigenvalue weighted by molar-refractivity contribution is -0.121. The van der Waals surface area contributed by atoms with Crippen LogP contribution in [0.3, 0.4) is 0 Å². The van der Waals surface area contributed by atoms with E-state index >= 15 is 0 Å². The maximum Gasteiger partial charge on any atom is 0.242 e. The first-order chi connectivity index (χ1) is 11.4. The number of anilines is 1. The molecule has 0 heterocycles. The molecule has 0 saturated carbocycles. The van der Waals surface area contributed by atoms with E-state index in [1.54, 1.807) is 56.3 Å². The van der Waals surface area contributed by atoms with E-state index in [4.69, 9.17) is 20.5 Å². The minimum Gasteiger partial charge on any atom is -0.495 e. The summed E-state index contributed by atoms with van der Waals surface area (Å²) in [5, 5.41) is 12.0. The molecule has 0 saturated heterocycles. The summed E-state index contributed by atoms with van der Waals surface area (Å²) >= 11 is 0. The number of ether oxygens (including phenoxy) is 2. The molecule has 6 heteroatoms. The first-order valence-electron chi connectivity index (χ1n) is 7.30. The highest BCUT2D eigenvalue weighted by Crippen LogP contribution is 2.29. The monoisotopic (exact) mass is 325 g/mol. The Morgan fingerprint density at radius 3 is 2.33 bits per heavy atom. The van der Waals surface area contributed by atoms with Crippen LogP contribution in [0, 0.1) is 11.3 Å². The van der Waals surface area contributed by atoms with Gasteiger partial charge >= 0.3 is 0 Å². The minimum absolute atomic E-state index is 0.437. The maximum atomic E-state index is 11.3. The normalized spacial score (nSPS) is 10.6. The number of benzene rings is 2. The van der Waals surface area contributed by atoms with E-state index in [1.165, 1.54) is 7.11 Å². The van der Waals surface area contributed by atoms with E-state index in [-0.39, 0.29) is 0 Å². The summed E-state index contributed by atoms with van der Waals surface area (Å²) in [6, 6.07) is 14.2. The van der Waals surface area contributed by atoms with Gasteiger partial charge in [-0.05, 0) is 50.2 Å². The van der Waals surface area contributed by atoms with Crippen LogP contribution >= 0.6 is 0 Å². The van der Waals surface area contributed by atoms with Gasteiger partial charge in [-0.2, -0.15) is 5.26 Å². The van der Waals surface area contributed by atoms with Crippen LogP contribution in [0.1, 0.15) is 19.4 Å². The van der Waals surface area contributed by atoms with Crippen molar-refractivity contribution in [2.75, 3.05) is 12.4 Å². The van der Waals surface area contributed by atoms with Gasteiger partial charge in [0.2, 0.25) is 5.91 Å². The van der Waals surface area contributed by atoms with Gasteiger partial charge < -0.3 is 20.5 Å². The Balaban J connectivity index is 2.12. The fourth-order valence-corrected chi connectivity index (χ4v) is 1.99. The summed E-state index contributed by atoms with van der Waals surface area (Å²) in [5.41, 5.74) is 5.69. The molecule has 2 aromatic rings. The smallest absolute Gasteiger partial charge is 0.242 e. The van der Waals surface area contributed by atoms with E-state index in [1.807, 2.05) is 6.07 Å². The van der Waals surface area contributed by atoms with E-state index in [0.29, 0.717) is 22.8 Å². The molecule has 0 unspecified atom stereocenters. The topological polar surface area (TPSA) is 97.4 Å². The highest BCUT2D eigenvalue weighted by Gasteiger charge is 2.24. The van der Waals surface area contributed by atoms with Crippen molar-refractivity contribution in [2.24, 2.45) is 5.73 Å². The molecule has 6 nitrogen and oxygen atoms in total. The van der Waals surface area contributed by atoms with Crippen LogP contribution in [-0.4, -0.2) is 18.6 Å². The Labute approximate surface area is 140 Å². The van der Waals surface area contributed by atoms with Crippen LogP contribution in [0.4, 0.5) is 5.69 Å². The lowest BCUT2D eigenvalue weighted by Gasteiger charge is -2.23. The van der Waals surface area contributed by atoms with Crippen molar-refractivity contribution in [3.63, 3.8) is 0 Å². The van der Waals surface area contributed by atoms with Crippen molar-refractivity contribution < 1.29 is 14.3 Å². The van der Waals surface area contributed by atoms with Crippen molar-refractivity contribution in [1.82, 2.24) is 0 Å². The molecule has 124 valence electrons. The van der Waals surface area contributed by atoms with Gasteiger partial charge in [0.25, 0.3) is 0 Å². The molecule has 0 atom stereocenters. The zero-order valence-electron chi connectivity index (χ0n) is 13.8.